The molecule has 0 radical (unpaired) electrons. The number of fused-ring (bicyclic) bond motifs is 1. The summed E-state index contributed by atoms with van der Waals surface area (Å²) in [6.07, 6.45) is 5.02. The molecule has 4 heterocycles. The fourth-order valence-corrected chi connectivity index (χ4v) is 4.53. The van der Waals surface area contributed by atoms with Gasteiger partial charge in [-0.1, -0.05) is 0 Å². The Morgan fingerprint density at radius 2 is 2.25 bits per heavy atom. The van der Waals surface area contributed by atoms with Crippen molar-refractivity contribution in [3.05, 3.63) is 23.0 Å². The van der Waals surface area contributed by atoms with Crippen molar-refractivity contribution in [2.45, 2.75) is 51.4 Å². The molecular formula is C17H23N3O3S. The predicted octanol–water partition coefficient (Wildman–Crippen LogP) is 2.39. The van der Waals surface area contributed by atoms with E-state index in [9.17, 15) is 4.79 Å². The Balaban J connectivity index is 1.32. The average Bonchev–Trinajstić information content (AvgIpc) is 3.21. The molecule has 0 unspecified atom stereocenters. The fraction of sp³-hybridized carbons (Fsp3) is 0.647. The number of thiazole rings is 1. The van der Waals surface area contributed by atoms with Crippen molar-refractivity contribution in [3.8, 4) is 0 Å². The van der Waals surface area contributed by atoms with Gasteiger partial charge in [0.15, 0.2) is 10.7 Å². The third kappa shape index (κ3) is 2.96. The molecule has 0 saturated carbocycles. The lowest BCUT2D eigenvalue weighted by Gasteiger charge is -2.37. The first-order valence-electron chi connectivity index (χ1n) is 8.56. The highest BCUT2D eigenvalue weighted by Gasteiger charge is 2.43. The number of hydrogen-bond acceptors (Lipinski definition) is 5. The Kier molecular flexibility index (Phi) is 4.10. The van der Waals surface area contributed by atoms with Crippen LogP contribution in [0.15, 0.2) is 11.6 Å². The van der Waals surface area contributed by atoms with E-state index >= 15 is 0 Å². The number of aromatic nitrogens is 2. The molecule has 2 aliphatic rings. The maximum absolute atomic E-state index is 12.5. The molecule has 2 saturated heterocycles. The van der Waals surface area contributed by atoms with Crippen LogP contribution in [0.3, 0.4) is 0 Å². The zero-order valence-corrected chi connectivity index (χ0v) is 15.0. The van der Waals surface area contributed by atoms with Gasteiger partial charge in [0.2, 0.25) is 5.91 Å². The van der Waals surface area contributed by atoms with Crippen molar-refractivity contribution in [2.24, 2.45) is 0 Å². The smallest absolute Gasteiger partial charge is 0.222 e. The fourth-order valence-electron chi connectivity index (χ4n) is 3.58. The molecule has 1 amide bonds. The van der Waals surface area contributed by atoms with E-state index < -0.39 is 5.79 Å². The molecule has 7 heteroatoms. The zero-order valence-electron chi connectivity index (χ0n) is 14.2. The number of nitrogens with zero attached hydrogens (tertiary/aromatic N) is 3. The topological polar surface area (TPSA) is 56.1 Å². The summed E-state index contributed by atoms with van der Waals surface area (Å²) in [5.41, 5.74) is 2.18. The summed E-state index contributed by atoms with van der Waals surface area (Å²) in [5.74, 6) is -0.226. The number of hydrogen-bond donors (Lipinski definition) is 0. The van der Waals surface area contributed by atoms with Crippen LogP contribution in [0.25, 0.3) is 4.96 Å². The molecule has 0 bridgehead atoms. The average molecular weight is 349 g/mol. The van der Waals surface area contributed by atoms with E-state index in [1.54, 1.807) is 11.3 Å². The highest BCUT2D eigenvalue weighted by Crippen LogP contribution is 2.34. The third-order valence-electron chi connectivity index (χ3n) is 4.87. The maximum atomic E-state index is 12.5. The van der Waals surface area contributed by atoms with Crippen molar-refractivity contribution in [3.63, 3.8) is 0 Å². The molecular weight excluding hydrogens is 326 g/mol. The van der Waals surface area contributed by atoms with Gasteiger partial charge in [-0.2, -0.15) is 0 Å². The molecule has 0 aromatic carbocycles. The van der Waals surface area contributed by atoms with Gasteiger partial charge in [0.05, 0.1) is 18.4 Å². The zero-order chi connectivity index (χ0) is 16.7. The number of likely N-dealkylation sites (tertiary alicyclic amines) is 1. The first kappa shape index (κ1) is 16.1. The minimum absolute atomic E-state index is 0.159. The number of aryl methyl sites for hydroxylation is 2. The SMILES string of the molecule is Cc1cn2c(CCC(=O)N3CCC4(CC3)OC[C@H](C)O4)csc2n1. The van der Waals surface area contributed by atoms with Gasteiger partial charge in [-0.25, -0.2) is 4.98 Å². The Labute approximate surface area is 145 Å². The summed E-state index contributed by atoms with van der Waals surface area (Å²) in [4.78, 5) is 19.9. The highest BCUT2D eigenvalue weighted by atomic mass is 32.1. The van der Waals surface area contributed by atoms with E-state index in [4.69, 9.17) is 9.47 Å². The monoisotopic (exact) mass is 349 g/mol. The van der Waals surface area contributed by atoms with Crippen LogP contribution in [0.2, 0.25) is 0 Å². The molecule has 2 fully saturated rings. The van der Waals surface area contributed by atoms with Gasteiger partial charge in [-0.15, -0.1) is 11.3 Å². The number of amides is 1. The highest BCUT2D eigenvalue weighted by molar-refractivity contribution is 7.15. The minimum Gasteiger partial charge on any atom is -0.347 e. The standard InChI is InChI=1S/C17H23N3O3S/c1-12-9-20-14(11-24-16(20)18-12)3-4-15(21)19-7-5-17(6-8-19)22-10-13(2)23-17/h9,11,13H,3-8,10H2,1-2H3/t13-/m0/s1. The minimum atomic E-state index is -0.440. The van der Waals surface area contributed by atoms with E-state index in [1.807, 2.05) is 24.9 Å². The summed E-state index contributed by atoms with van der Waals surface area (Å²) in [6.45, 7) is 6.12. The second-order valence-corrected chi connectivity index (χ2v) is 7.63. The van der Waals surface area contributed by atoms with Gasteiger partial charge >= 0.3 is 0 Å². The molecule has 130 valence electrons. The van der Waals surface area contributed by atoms with Crippen molar-refractivity contribution in [2.75, 3.05) is 19.7 Å². The summed E-state index contributed by atoms with van der Waals surface area (Å²) in [6, 6.07) is 0. The second-order valence-electron chi connectivity index (χ2n) is 6.79. The van der Waals surface area contributed by atoms with Crippen LogP contribution in [0.4, 0.5) is 0 Å². The first-order chi connectivity index (χ1) is 11.5. The molecule has 2 aliphatic heterocycles. The number of ether oxygens (including phenoxy) is 2. The van der Waals surface area contributed by atoms with Gasteiger partial charge in [0, 0.05) is 49.6 Å². The van der Waals surface area contributed by atoms with Gasteiger partial charge in [0.1, 0.15) is 0 Å². The summed E-state index contributed by atoms with van der Waals surface area (Å²) in [5, 5.41) is 2.10. The van der Waals surface area contributed by atoms with Crippen LogP contribution in [0.5, 0.6) is 0 Å². The third-order valence-corrected chi connectivity index (χ3v) is 5.76. The first-order valence-corrected chi connectivity index (χ1v) is 9.44. The largest absolute Gasteiger partial charge is 0.347 e. The Hall–Kier alpha value is -1.44. The number of imidazole rings is 1. The lowest BCUT2D eigenvalue weighted by molar-refractivity contribution is -0.194. The summed E-state index contributed by atoms with van der Waals surface area (Å²) in [7, 11) is 0. The van der Waals surface area contributed by atoms with Crippen molar-refractivity contribution in [1.29, 1.82) is 0 Å². The number of piperidine rings is 1. The Bertz CT molecular complexity index is 745. The maximum Gasteiger partial charge on any atom is 0.222 e. The second kappa shape index (κ2) is 6.13. The molecule has 1 atom stereocenters. The molecule has 0 N–H and O–H groups in total. The van der Waals surface area contributed by atoms with Gasteiger partial charge in [-0.05, 0) is 20.3 Å². The molecule has 6 nitrogen and oxygen atoms in total. The van der Waals surface area contributed by atoms with Gasteiger partial charge in [-0.3, -0.25) is 9.20 Å². The van der Waals surface area contributed by atoms with Crippen LogP contribution < -0.4 is 0 Å². The van der Waals surface area contributed by atoms with E-state index in [-0.39, 0.29) is 12.0 Å². The van der Waals surface area contributed by atoms with Crippen molar-refractivity contribution in [1.82, 2.24) is 14.3 Å². The van der Waals surface area contributed by atoms with Gasteiger partial charge < -0.3 is 14.4 Å². The predicted molar refractivity (Wildman–Crippen MR) is 91.2 cm³/mol. The van der Waals surface area contributed by atoms with Crippen LogP contribution >= 0.6 is 11.3 Å². The van der Waals surface area contributed by atoms with Crippen molar-refractivity contribution < 1.29 is 14.3 Å². The van der Waals surface area contributed by atoms with E-state index in [2.05, 4.69) is 14.8 Å². The number of carbonyl (C=O) groups excluding carboxylic acids is 1. The molecule has 24 heavy (non-hydrogen) atoms. The lowest BCUT2D eigenvalue weighted by Crippen LogP contribution is -2.47. The van der Waals surface area contributed by atoms with Crippen LogP contribution in [0, 0.1) is 6.92 Å². The molecule has 1 spiro atoms. The molecule has 4 rings (SSSR count). The molecule has 2 aromatic heterocycles. The normalized spacial score (nSPS) is 23.4. The van der Waals surface area contributed by atoms with Crippen LogP contribution in [-0.2, 0) is 20.7 Å². The van der Waals surface area contributed by atoms with E-state index in [0.29, 0.717) is 13.0 Å². The Morgan fingerprint density at radius 1 is 1.46 bits per heavy atom. The number of rotatable bonds is 3. The van der Waals surface area contributed by atoms with Crippen molar-refractivity contribution >= 4 is 22.2 Å². The van der Waals surface area contributed by atoms with E-state index in [1.165, 1.54) is 0 Å². The van der Waals surface area contributed by atoms with E-state index in [0.717, 1.165) is 48.7 Å². The summed E-state index contributed by atoms with van der Waals surface area (Å²) < 4.78 is 13.8. The van der Waals surface area contributed by atoms with Crippen LogP contribution in [0.1, 0.15) is 37.6 Å². The lowest BCUT2D eigenvalue weighted by atomic mass is 10.0. The Morgan fingerprint density at radius 3 is 2.96 bits per heavy atom. The van der Waals surface area contributed by atoms with Crippen LogP contribution in [-0.4, -0.2) is 51.8 Å². The quantitative estimate of drug-likeness (QED) is 0.854. The van der Waals surface area contributed by atoms with Gasteiger partial charge in [0.25, 0.3) is 0 Å². The number of carbonyl (C=O) groups is 1. The summed E-state index contributed by atoms with van der Waals surface area (Å²) >= 11 is 1.63. The molecule has 2 aromatic rings. The molecule has 0 aliphatic carbocycles.